The molecule has 1 aromatic carbocycles. The van der Waals surface area contributed by atoms with Gasteiger partial charge >= 0.3 is 0 Å². The molecule has 1 fully saturated rings. The Bertz CT molecular complexity index is 445. The summed E-state index contributed by atoms with van der Waals surface area (Å²) in [6.45, 7) is 3.60. The van der Waals surface area contributed by atoms with Crippen LogP contribution in [0.1, 0.15) is 69.4 Å². The van der Waals surface area contributed by atoms with Crippen molar-refractivity contribution in [3.8, 4) is 0 Å². The first-order chi connectivity index (χ1) is 9.16. The molecule has 1 nitrogen and oxygen atoms in total. The third kappa shape index (κ3) is 4.05. The summed E-state index contributed by atoms with van der Waals surface area (Å²) in [5, 5.41) is 0. The number of rotatable bonds is 3. The fraction of sp³-hybridized carbons (Fsp3) is 0.500. The largest absolute Gasteiger partial charge is 0.295 e. The molecule has 1 aromatic rings. The molecule has 102 valence electrons. The van der Waals surface area contributed by atoms with Crippen LogP contribution in [0.15, 0.2) is 30.3 Å². The molecule has 1 saturated carbocycles. The third-order valence-electron chi connectivity index (χ3n) is 4.11. The first-order valence-electron chi connectivity index (χ1n) is 7.46. The Balaban J connectivity index is 2.11. The first-order valence-corrected chi connectivity index (χ1v) is 7.46. The number of hydrogen-bond acceptors (Lipinski definition) is 1. The summed E-state index contributed by atoms with van der Waals surface area (Å²) in [5.74, 6) is 0.860. The van der Waals surface area contributed by atoms with Crippen LogP contribution >= 0.6 is 0 Å². The van der Waals surface area contributed by atoms with Gasteiger partial charge in [-0.3, -0.25) is 4.79 Å². The molecule has 1 aliphatic rings. The van der Waals surface area contributed by atoms with Crippen LogP contribution in [0.5, 0.6) is 0 Å². The summed E-state index contributed by atoms with van der Waals surface area (Å²) in [6.07, 6.45) is 9.92. The molecular formula is C18H24O. The summed E-state index contributed by atoms with van der Waals surface area (Å²) in [6, 6.07) is 8.83. The van der Waals surface area contributed by atoms with E-state index in [4.69, 9.17) is 0 Å². The van der Waals surface area contributed by atoms with Crippen LogP contribution in [0.4, 0.5) is 0 Å². The van der Waals surface area contributed by atoms with Crippen molar-refractivity contribution in [2.45, 2.75) is 58.3 Å². The van der Waals surface area contributed by atoms with Crippen molar-refractivity contribution in [3.05, 3.63) is 41.5 Å². The summed E-state index contributed by atoms with van der Waals surface area (Å²) in [7, 11) is 0. The van der Waals surface area contributed by atoms with Gasteiger partial charge in [0.15, 0.2) is 5.78 Å². The fourth-order valence-corrected chi connectivity index (χ4v) is 3.02. The monoisotopic (exact) mass is 256 g/mol. The van der Waals surface area contributed by atoms with Gasteiger partial charge < -0.3 is 0 Å². The van der Waals surface area contributed by atoms with Crippen molar-refractivity contribution in [1.29, 1.82) is 0 Å². The van der Waals surface area contributed by atoms with Gasteiger partial charge in [0.25, 0.3) is 0 Å². The molecule has 0 unspecified atom stereocenters. The van der Waals surface area contributed by atoms with Crippen molar-refractivity contribution >= 4 is 11.4 Å². The smallest absolute Gasteiger partial charge is 0.152 e. The summed E-state index contributed by atoms with van der Waals surface area (Å²) in [4.78, 5) is 11.1. The van der Waals surface area contributed by atoms with Gasteiger partial charge in [0, 0.05) is 0 Å². The molecule has 19 heavy (non-hydrogen) atoms. The fourth-order valence-electron chi connectivity index (χ4n) is 3.02. The Morgan fingerprint density at radius 1 is 1.00 bits per heavy atom. The Morgan fingerprint density at radius 3 is 2.11 bits per heavy atom. The summed E-state index contributed by atoms with van der Waals surface area (Å²) >= 11 is 0. The number of carbonyl (C=O) groups is 1. The Hall–Kier alpha value is -1.37. The molecule has 2 rings (SSSR count). The van der Waals surface area contributed by atoms with Crippen LogP contribution in [0.25, 0.3) is 5.57 Å². The normalized spacial score (nSPS) is 18.1. The summed E-state index contributed by atoms with van der Waals surface area (Å²) in [5.41, 5.74) is 3.69. The number of carbonyl (C=O) groups excluding carboxylic acids is 1. The predicted octanol–water partition coefficient (Wildman–Crippen LogP) is 5.12. The standard InChI is InChI=1S/C18H24O/c1-14(13-15(2)19)16-9-11-18(12-10-16)17-7-5-3-4-6-8-17/h9-13,17H,3-8H2,1-2H3. The highest BCUT2D eigenvalue weighted by molar-refractivity contribution is 5.94. The van der Waals surface area contributed by atoms with Gasteiger partial charge in [-0.1, -0.05) is 49.9 Å². The SMILES string of the molecule is CC(=O)C=C(C)c1ccc(C2CCCCCC2)cc1. The van der Waals surface area contributed by atoms with Gasteiger partial charge in [0.05, 0.1) is 0 Å². The minimum atomic E-state index is 0.116. The second-order valence-corrected chi connectivity index (χ2v) is 5.75. The molecule has 0 bridgehead atoms. The van der Waals surface area contributed by atoms with Crippen LogP contribution in [0, 0.1) is 0 Å². The molecule has 0 heterocycles. The maximum absolute atomic E-state index is 11.1. The second kappa shape index (κ2) is 6.70. The van der Waals surface area contributed by atoms with E-state index >= 15 is 0 Å². The maximum atomic E-state index is 11.1. The van der Waals surface area contributed by atoms with E-state index in [-0.39, 0.29) is 5.78 Å². The van der Waals surface area contributed by atoms with Gasteiger partial charge in [-0.05, 0) is 55.4 Å². The van der Waals surface area contributed by atoms with Gasteiger partial charge in [-0.25, -0.2) is 0 Å². The zero-order chi connectivity index (χ0) is 13.7. The van der Waals surface area contributed by atoms with Gasteiger partial charge in [-0.2, -0.15) is 0 Å². The molecule has 0 spiro atoms. The highest BCUT2D eigenvalue weighted by atomic mass is 16.1. The average Bonchev–Trinajstić information content (AvgIpc) is 2.67. The molecule has 1 aliphatic carbocycles. The molecular weight excluding hydrogens is 232 g/mol. The molecule has 0 aromatic heterocycles. The topological polar surface area (TPSA) is 17.1 Å². The van der Waals surface area contributed by atoms with Crippen LogP contribution in [-0.2, 0) is 4.79 Å². The van der Waals surface area contributed by atoms with E-state index in [2.05, 4.69) is 24.3 Å². The van der Waals surface area contributed by atoms with E-state index in [1.165, 1.54) is 44.1 Å². The lowest BCUT2D eigenvalue weighted by atomic mass is 9.90. The quantitative estimate of drug-likeness (QED) is 0.542. The van der Waals surface area contributed by atoms with Crippen molar-refractivity contribution in [2.75, 3.05) is 0 Å². The Kier molecular flexibility index (Phi) is 4.95. The molecule has 0 saturated heterocycles. The molecule has 0 atom stereocenters. The van der Waals surface area contributed by atoms with Crippen molar-refractivity contribution in [1.82, 2.24) is 0 Å². The van der Waals surface area contributed by atoms with Crippen molar-refractivity contribution in [3.63, 3.8) is 0 Å². The lowest BCUT2D eigenvalue weighted by molar-refractivity contribution is -0.112. The first kappa shape index (κ1) is 14.0. The number of ketones is 1. The zero-order valence-electron chi connectivity index (χ0n) is 12.1. The maximum Gasteiger partial charge on any atom is 0.152 e. The van der Waals surface area contributed by atoms with Gasteiger partial charge in [0.1, 0.15) is 0 Å². The lowest BCUT2D eigenvalue weighted by Gasteiger charge is -2.15. The van der Waals surface area contributed by atoms with Crippen molar-refractivity contribution < 1.29 is 4.79 Å². The van der Waals surface area contributed by atoms with Crippen LogP contribution in [0.3, 0.4) is 0 Å². The molecule has 0 aliphatic heterocycles. The van der Waals surface area contributed by atoms with Crippen LogP contribution in [0.2, 0.25) is 0 Å². The minimum absolute atomic E-state index is 0.116. The predicted molar refractivity (Wildman–Crippen MR) is 81.2 cm³/mol. The number of allylic oxidation sites excluding steroid dienone is 2. The average molecular weight is 256 g/mol. The van der Waals surface area contributed by atoms with E-state index in [0.717, 1.165) is 17.1 Å². The van der Waals surface area contributed by atoms with Gasteiger partial charge in [-0.15, -0.1) is 0 Å². The molecule has 0 amide bonds. The van der Waals surface area contributed by atoms with E-state index in [9.17, 15) is 4.79 Å². The van der Waals surface area contributed by atoms with E-state index < -0.39 is 0 Å². The minimum Gasteiger partial charge on any atom is -0.295 e. The highest BCUT2D eigenvalue weighted by Crippen LogP contribution is 2.32. The van der Waals surface area contributed by atoms with E-state index in [0.29, 0.717) is 0 Å². The van der Waals surface area contributed by atoms with Crippen LogP contribution in [-0.4, -0.2) is 5.78 Å². The zero-order valence-corrected chi connectivity index (χ0v) is 12.1. The van der Waals surface area contributed by atoms with Gasteiger partial charge in [0.2, 0.25) is 0 Å². The molecule has 0 radical (unpaired) electrons. The van der Waals surface area contributed by atoms with Crippen molar-refractivity contribution in [2.24, 2.45) is 0 Å². The molecule has 0 N–H and O–H groups in total. The number of benzene rings is 1. The third-order valence-corrected chi connectivity index (χ3v) is 4.11. The van der Waals surface area contributed by atoms with E-state index in [1.54, 1.807) is 13.0 Å². The van der Waals surface area contributed by atoms with E-state index in [1.807, 2.05) is 6.92 Å². The molecule has 1 heteroatoms. The lowest BCUT2D eigenvalue weighted by Crippen LogP contribution is -1.97. The highest BCUT2D eigenvalue weighted by Gasteiger charge is 2.14. The Labute approximate surface area is 116 Å². The summed E-state index contributed by atoms with van der Waals surface area (Å²) < 4.78 is 0. The number of hydrogen-bond donors (Lipinski definition) is 0. The second-order valence-electron chi connectivity index (χ2n) is 5.75. The van der Waals surface area contributed by atoms with Crippen LogP contribution < -0.4 is 0 Å². The Morgan fingerprint density at radius 2 is 1.58 bits per heavy atom.